The van der Waals surface area contributed by atoms with Gasteiger partial charge in [-0.25, -0.2) is 4.79 Å². The Morgan fingerprint density at radius 1 is 1.43 bits per heavy atom. The monoisotopic (exact) mass is 295 g/mol. The number of amides is 2. The van der Waals surface area contributed by atoms with Crippen molar-refractivity contribution in [2.24, 2.45) is 0 Å². The number of nitro groups is 1. The lowest BCUT2D eigenvalue weighted by Gasteiger charge is -2.28. The molecular formula is C14H21N3O4. The maximum Gasteiger partial charge on any atom is 0.322 e. The van der Waals surface area contributed by atoms with E-state index >= 15 is 0 Å². The number of anilines is 1. The first-order chi connectivity index (χ1) is 9.72. The summed E-state index contributed by atoms with van der Waals surface area (Å²) in [5, 5.41) is 22.9. The van der Waals surface area contributed by atoms with Crippen molar-refractivity contribution in [2.45, 2.75) is 39.8 Å². The highest BCUT2D eigenvalue weighted by atomic mass is 16.6. The van der Waals surface area contributed by atoms with E-state index in [1.165, 1.54) is 11.0 Å². The molecule has 2 N–H and O–H groups in total. The SMILES string of the molecule is Cc1ccc(NC(=O)N(CC(C)O)C(C)C)cc1[N+](=O)[O-]. The Morgan fingerprint density at radius 2 is 2.05 bits per heavy atom. The molecule has 7 heteroatoms. The second kappa shape index (κ2) is 7.03. The molecular weight excluding hydrogens is 274 g/mol. The third-order valence-electron chi connectivity index (χ3n) is 3.00. The number of aryl methyl sites for hydroxylation is 1. The highest BCUT2D eigenvalue weighted by Gasteiger charge is 2.20. The summed E-state index contributed by atoms with van der Waals surface area (Å²) in [7, 11) is 0. The van der Waals surface area contributed by atoms with Crippen LogP contribution >= 0.6 is 0 Å². The number of hydrogen-bond acceptors (Lipinski definition) is 4. The van der Waals surface area contributed by atoms with Crippen LogP contribution in [0, 0.1) is 17.0 Å². The van der Waals surface area contributed by atoms with Gasteiger partial charge in [0.25, 0.3) is 5.69 Å². The minimum atomic E-state index is -0.648. The van der Waals surface area contributed by atoms with E-state index in [1.54, 1.807) is 26.0 Å². The summed E-state index contributed by atoms with van der Waals surface area (Å²) in [5.41, 5.74) is 0.843. The van der Waals surface area contributed by atoms with Gasteiger partial charge in [-0.05, 0) is 33.8 Å². The summed E-state index contributed by atoms with van der Waals surface area (Å²) in [6, 6.07) is 4.03. The third kappa shape index (κ3) is 4.71. The molecule has 0 fully saturated rings. The van der Waals surface area contributed by atoms with Crippen molar-refractivity contribution in [3.63, 3.8) is 0 Å². The first kappa shape index (κ1) is 16.9. The van der Waals surface area contributed by atoms with Crippen LogP contribution in [0.3, 0.4) is 0 Å². The zero-order valence-corrected chi connectivity index (χ0v) is 12.7. The van der Waals surface area contributed by atoms with E-state index in [9.17, 15) is 20.0 Å². The number of carbonyl (C=O) groups excluding carboxylic acids is 1. The van der Waals surface area contributed by atoms with Crippen molar-refractivity contribution >= 4 is 17.4 Å². The molecule has 0 aliphatic carbocycles. The predicted octanol–water partition coefficient (Wildman–Crippen LogP) is 2.53. The number of nitrogens with zero attached hydrogens (tertiary/aromatic N) is 2. The summed E-state index contributed by atoms with van der Waals surface area (Å²) in [6.45, 7) is 7.09. The Balaban J connectivity index is 2.91. The highest BCUT2D eigenvalue weighted by molar-refractivity contribution is 5.90. The summed E-state index contributed by atoms with van der Waals surface area (Å²) in [5.74, 6) is 0. The molecule has 1 aromatic carbocycles. The summed E-state index contributed by atoms with van der Waals surface area (Å²) < 4.78 is 0. The fraction of sp³-hybridized carbons (Fsp3) is 0.500. The first-order valence-corrected chi connectivity index (χ1v) is 6.73. The topological polar surface area (TPSA) is 95.7 Å². The van der Waals surface area contributed by atoms with E-state index in [2.05, 4.69) is 5.32 Å². The van der Waals surface area contributed by atoms with E-state index in [0.29, 0.717) is 11.3 Å². The molecule has 116 valence electrons. The molecule has 0 spiro atoms. The molecule has 0 radical (unpaired) electrons. The van der Waals surface area contributed by atoms with Gasteiger partial charge in [0, 0.05) is 29.9 Å². The molecule has 0 heterocycles. The standard InChI is InChI=1S/C14H21N3O4/c1-9(2)16(8-11(4)18)14(19)15-12-6-5-10(3)13(7-12)17(20)21/h5-7,9,11,18H,8H2,1-4H3,(H,15,19). The number of rotatable bonds is 5. The molecule has 7 nitrogen and oxygen atoms in total. The summed E-state index contributed by atoms with van der Waals surface area (Å²) in [6.07, 6.45) is -0.648. The molecule has 0 saturated heterocycles. The number of nitro benzene ring substituents is 1. The Bertz CT molecular complexity index is 529. The molecule has 2 amide bonds. The number of nitrogens with one attached hydrogen (secondary N) is 1. The second-order valence-corrected chi connectivity index (χ2v) is 5.28. The van der Waals surface area contributed by atoms with Crippen LogP contribution in [-0.4, -0.2) is 39.7 Å². The number of hydrogen-bond donors (Lipinski definition) is 2. The van der Waals surface area contributed by atoms with Crippen molar-refractivity contribution in [1.29, 1.82) is 0 Å². The van der Waals surface area contributed by atoms with Gasteiger partial charge < -0.3 is 15.3 Å². The Morgan fingerprint density at radius 3 is 2.52 bits per heavy atom. The van der Waals surface area contributed by atoms with Crippen molar-refractivity contribution < 1.29 is 14.8 Å². The zero-order valence-electron chi connectivity index (χ0n) is 12.7. The molecule has 1 atom stereocenters. The Labute approximate surface area is 123 Å². The van der Waals surface area contributed by atoms with Gasteiger partial charge in [-0.3, -0.25) is 10.1 Å². The molecule has 0 aliphatic heterocycles. The van der Waals surface area contributed by atoms with Gasteiger partial charge in [-0.1, -0.05) is 6.07 Å². The van der Waals surface area contributed by atoms with Crippen LogP contribution in [-0.2, 0) is 0 Å². The normalized spacial score (nSPS) is 12.1. The minimum absolute atomic E-state index is 0.0422. The fourth-order valence-electron chi connectivity index (χ4n) is 1.89. The number of aliphatic hydroxyl groups is 1. The van der Waals surface area contributed by atoms with E-state index in [0.717, 1.165) is 0 Å². The lowest BCUT2D eigenvalue weighted by molar-refractivity contribution is -0.385. The second-order valence-electron chi connectivity index (χ2n) is 5.28. The van der Waals surface area contributed by atoms with Crippen LogP contribution in [0.5, 0.6) is 0 Å². The smallest absolute Gasteiger partial charge is 0.322 e. The molecule has 1 rings (SSSR count). The molecule has 0 aliphatic rings. The van der Waals surface area contributed by atoms with Crippen LogP contribution in [0.1, 0.15) is 26.3 Å². The van der Waals surface area contributed by atoms with Crippen LogP contribution in [0.15, 0.2) is 18.2 Å². The van der Waals surface area contributed by atoms with Crippen LogP contribution in [0.2, 0.25) is 0 Å². The lowest BCUT2D eigenvalue weighted by atomic mass is 10.2. The first-order valence-electron chi connectivity index (χ1n) is 6.73. The van der Waals surface area contributed by atoms with Gasteiger partial charge in [0.1, 0.15) is 0 Å². The van der Waals surface area contributed by atoms with E-state index in [1.807, 2.05) is 13.8 Å². The van der Waals surface area contributed by atoms with Gasteiger partial charge >= 0.3 is 6.03 Å². The maximum atomic E-state index is 12.2. The van der Waals surface area contributed by atoms with E-state index in [-0.39, 0.29) is 18.3 Å². The quantitative estimate of drug-likeness (QED) is 0.644. The van der Waals surface area contributed by atoms with Crippen molar-refractivity contribution in [3.8, 4) is 0 Å². The maximum absolute atomic E-state index is 12.2. The number of benzene rings is 1. The number of urea groups is 1. The molecule has 1 aromatic rings. The largest absolute Gasteiger partial charge is 0.392 e. The molecule has 0 aromatic heterocycles. The van der Waals surface area contributed by atoms with Gasteiger partial charge in [0.15, 0.2) is 0 Å². The van der Waals surface area contributed by atoms with Gasteiger partial charge in [-0.2, -0.15) is 0 Å². The number of aliphatic hydroxyl groups excluding tert-OH is 1. The zero-order chi connectivity index (χ0) is 16.2. The predicted molar refractivity (Wildman–Crippen MR) is 80.4 cm³/mol. The highest BCUT2D eigenvalue weighted by Crippen LogP contribution is 2.22. The van der Waals surface area contributed by atoms with E-state index < -0.39 is 17.1 Å². The molecule has 21 heavy (non-hydrogen) atoms. The fourth-order valence-corrected chi connectivity index (χ4v) is 1.89. The Kier molecular flexibility index (Phi) is 5.66. The van der Waals surface area contributed by atoms with E-state index in [4.69, 9.17) is 0 Å². The average Bonchev–Trinajstić information content (AvgIpc) is 2.37. The molecule has 0 bridgehead atoms. The summed E-state index contributed by atoms with van der Waals surface area (Å²) >= 11 is 0. The van der Waals surface area contributed by atoms with Gasteiger partial charge in [0.2, 0.25) is 0 Å². The third-order valence-corrected chi connectivity index (χ3v) is 3.00. The number of carbonyl (C=O) groups is 1. The van der Waals surface area contributed by atoms with Crippen LogP contribution in [0.4, 0.5) is 16.2 Å². The summed E-state index contributed by atoms with van der Waals surface area (Å²) in [4.78, 5) is 24.1. The van der Waals surface area contributed by atoms with Crippen molar-refractivity contribution in [1.82, 2.24) is 4.90 Å². The van der Waals surface area contributed by atoms with Crippen LogP contribution < -0.4 is 5.32 Å². The van der Waals surface area contributed by atoms with Gasteiger partial charge in [0.05, 0.1) is 11.0 Å². The lowest BCUT2D eigenvalue weighted by Crippen LogP contribution is -2.43. The average molecular weight is 295 g/mol. The molecule has 1 unspecified atom stereocenters. The van der Waals surface area contributed by atoms with Crippen molar-refractivity contribution in [2.75, 3.05) is 11.9 Å². The van der Waals surface area contributed by atoms with Crippen molar-refractivity contribution in [3.05, 3.63) is 33.9 Å². The minimum Gasteiger partial charge on any atom is -0.392 e. The molecule has 0 saturated carbocycles. The van der Waals surface area contributed by atoms with Gasteiger partial charge in [-0.15, -0.1) is 0 Å². The van der Waals surface area contributed by atoms with Crippen LogP contribution in [0.25, 0.3) is 0 Å². The Hall–Kier alpha value is -2.15.